The van der Waals surface area contributed by atoms with Gasteiger partial charge in [0.1, 0.15) is 11.6 Å². The standard InChI is InChI=1S/C16H22FN3O2/c17-13-3-4-15(18-10-13)20-7-1-2-12(11-20)16(21)19-14-5-8-22-9-6-14/h3-4,10,12,14H,1-2,5-9,11H2,(H,19,21). The van der Waals surface area contributed by atoms with Gasteiger partial charge >= 0.3 is 0 Å². The summed E-state index contributed by atoms with van der Waals surface area (Å²) in [5, 5.41) is 3.14. The predicted molar refractivity (Wildman–Crippen MR) is 81.1 cm³/mol. The van der Waals surface area contributed by atoms with E-state index in [1.165, 1.54) is 12.3 Å². The topological polar surface area (TPSA) is 54.5 Å². The molecule has 0 spiro atoms. The van der Waals surface area contributed by atoms with Gasteiger partial charge in [0, 0.05) is 32.3 Å². The lowest BCUT2D eigenvalue weighted by Crippen LogP contribution is -2.47. The molecule has 1 aromatic heterocycles. The van der Waals surface area contributed by atoms with Crippen molar-refractivity contribution in [1.29, 1.82) is 0 Å². The number of pyridine rings is 1. The molecule has 2 aliphatic heterocycles. The lowest BCUT2D eigenvalue weighted by molar-refractivity contribution is -0.126. The summed E-state index contributed by atoms with van der Waals surface area (Å²) < 4.78 is 18.3. The van der Waals surface area contributed by atoms with E-state index < -0.39 is 0 Å². The molecule has 0 aliphatic carbocycles. The van der Waals surface area contributed by atoms with Crippen LogP contribution in [0.5, 0.6) is 0 Å². The van der Waals surface area contributed by atoms with Crippen LogP contribution in [0.3, 0.4) is 0 Å². The van der Waals surface area contributed by atoms with Crippen molar-refractivity contribution in [3.63, 3.8) is 0 Å². The highest BCUT2D eigenvalue weighted by atomic mass is 19.1. The Balaban J connectivity index is 1.57. The maximum absolute atomic E-state index is 13.0. The van der Waals surface area contributed by atoms with E-state index in [0.717, 1.165) is 51.3 Å². The summed E-state index contributed by atoms with van der Waals surface area (Å²) in [6, 6.07) is 3.32. The molecule has 0 saturated carbocycles. The average molecular weight is 307 g/mol. The van der Waals surface area contributed by atoms with Crippen LogP contribution in [-0.2, 0) is 9.53 Å². The van der Waals surface area contributed by atoms with Gasteiger partial charge in [-0.3, -0.25) is 4.79 Å². The number of carbonyl (C=O) groups excluding carboxylic acids is 1. The zero-order valence-electron chi connectivity index (χ0n) is 12.6. The molecule has 0 aromatic carbocycles. The van der Waals surface area contributed by atoms with E-state index in [0.29, 0.717) is 6.54 Å². The minimum absolute atomic E-state index is 0.0246. The summed E-state index contributed by atoms with van der Waals surface area (Å²) in [6.45, 7) is 2.95. The number of piperidine rings is 1. The minimum Gasteiger partial charge on any atom is -0.381 e. The fourth-order valence-electron chi connectivity index (χ4n) is 3.12. The van der Waals surface area contributed by atoms with Gasteiger partial charge in [-0.15, -0.1) is 0 Å². The molecule has 2 saturated heterocycles. The first kappa shape index (κ1) is 15.2. The third kappa shape index (κ3) is 3.74. The Hall–Kier alpha value is -1.69. The third-order valence-electron chi connectivity index (χ3n) is 4.40. The molecule has 0 radical (unpaired) electrons. The largest absolute Gasteiger partial charge is 0.381 e. The van der Waals surface area contributed by atoms with Gasteiger partial charge in [0.05, 0.1) is 12.1 Å². The van der Waals surface area contributed by atoms with E-state index in [9.17, 15) is 9.18 Å². The SMILES string of the molecule is O=C(NC1CCOCC1)C1CCCN(c2ccc(F)cn2)C1. The summed E-state index contributed by atoms with van der Waals surface area (Å²) in [7, 11) is 0. The molecule has 3 rings (SSSR count). The molecule has 22 heavy (non-hydrogen) atoms. The summed E-state index contributed by atoms with van der Waals surface area (Å²) in [6.07, 6.45) is 4.85. The van der Waals surface area contributed by atoms with Gasteiger partial charge in [-0.25, -0.2) is 9.37 Å². The van der Waals surface area contributed by atoms with Crippen molar-refractivity contribution < 1.29 is 13.9 Å². The average Bonchev–Trinajstić information content (AvgIpc) is 2.56. The van der Waals surface area contributed by atoms with Crippen LogP contribution in [0, 0.1) is 11.7 Å². The molecule has 1 unspecified atom stereocenters. The highest BCUT2D eigenvalue weighted by Crippen LogP contribution is 2.22. The molecule has 120 valence electrons. The number of hydrogen-bond donors (Lipinski definition) is 1. The van der Waals surface area contributed by atoms with Crippen LogP contribution >= 0.6 is 0 Å². The van der Waals surface area contributed by atoms with Crippen molar-refractivity contribution in [3.8, 4) is 0 Å². The zero-order valence-corrected chi connectivity index (χ0v) is 12.6. The van der Waals surface area contributed by atoms with Crippen LogP contribution < -0.4 is 10.2 Å². The van der Waals surface area contributed by atoms with Crippen LogP contribution in [-0.4, -0.2) is 43.2 Å². The molecular formula is C16H22FN3O2. The lowest BCUT2D eigenvalue weighted by atomic mass is 9.96. The maximum Gasteiger partial charge on any atom is 0.225 e. The molecule has 1 N–H and O–H groups in total. The summed E-state index contributed by atoms with van der Waals surface area (Å²) in [4.78, 5) is 18.6. The Morgan fingerprint density at radius 2 is 2.14 bits per heavy atom. The number of hydrogen-bond acceptors (Lipinski definition) is 4. The second-order valence-electron chi connectivity index (χ2n) is 6.02. The number of ether oxygens (including phenoxy) is 1. The number of carbonyl (C=O) groups is 1. The molecule has 1 atom stereocenters. The number of nitrogens with zero attached hydrogens (tertiary/aromatic N) is 2. The molecule has 0 bridgehead atoms. The van der Waals surface area contributed by atoms with Gasteiger partial charge in [-0.1, -0.05) is 0 Å². The van der Waals surface area contributed by atoms with Gasteiger partial charge in [0.25, 0.3) is 0 Å². The van der Waals surface area contributed by atoms with Crippen LogP contribution in [0.2, 0.25) is 0 Å². The van der Waals surface area contributed by atoms with Crippen LogP contribution in [0.25, 0.3) is 0 Å². The normalized spacial score (nSPS) is 23.3. The first-order valence-electron chi connectivity index (χ1n) is 7.97. The highest BCUT2D eigenvalue weighted by Gasteiger charge is 2.28. The van der Waals surface area contributed by atoms with Crippen LogP contribution in [0.15, 0.2) is 18.3 Å². The van der Waals surface area contributed by atoms with Crippen molar-refractivity contribution >= 4 is 11.7 Å². The fourth-order valence-corrected chi connectivity index (χ4v) is 3.12. The highest BCUT2D eigenvalue weighted by molar-refractivity contribution is 5.79. The molecule has 3 heterocycles. The Morgan fingerprint density at radius 1 is 1.32 bits per heavy atom. The number of nitrogens with one attached hydrogen (secondary N) is 1. The first-order valence-corrected chi connectivity index (χ1v) is 7.97. The van der Waals surface area contributed by atoms with Crippen molar-refractivity contribution in [1.82, 2.24) is 10.3 Å². The molecular weight excluding hydrogens is 285 g/mol. The van der Waals surface area contributed by atoms with Crippen molar-refractivity contribution in [2.75, 3.05) is 31.2 Å². The second kappa shape index (κ2) is 7.05. The molecule has 6 heteroatoms. The predicted octanol–water partition coefficient (Wildman–Crippen LogP) is 1.73. The Bertz CT molecular complexity index is 503. The van der Waals surface area contributed by atoms with Gasteiger partial charge in [0.15, 0.2) is 0 Å². The van der Waals surface area contributed by atoms with E-state index in [4.69, 9.17) is 4.74 Å². The van der Waals surface area contributed by atoms with Gasteiger partial charge in [-0.05, 0) is 37.8 Å². The Morgan fingerprint density at radius 3 is 2.86 bits per heavy atom. The summed E-state index contributed by atoms with van der Waals surface area (Å²) in [5.41, 5.74) is 0. The van der Waals surface area contributed by atoms with E-state index in [2.05, 4.69) is 15.2 Å². The van der Waals surface area contributed by atoms with Crippen molar-refractivity contribution in [2.24, 2.45) is 5.92 Å². The van der Waals surface area contributed by atoms with E-state index in [1.807, 2.05) is 0 Å². The van der Waals surface area contributed by atoms with Crippen molar-refractivity contribution in [2.45, 2.75) is 31.7 Å². The van der Waals surface area contributed by atoms with Gasteiger partial charge in [-0.2, -0.15) is 0 Å². The number of amides is 1. The molecule has 5 nitrogen and oxygen atoms in total. The van der Waals surface area contributed by atoms with E-state index >= 15 is 0 Å². The van der Waals surface area contributed by atoms with Gasteiger partial charge < -0.3 is 15.0 Å². The minimum atomic E-state index is -0.338. The van der Waals surface area contributed by atoms with Crippen LogP contribution in [0.1, 0.15) is 25.7 Å². The Kier molecular flexibility index (Phi) is 4.87. The zero-order chi connectivity index (χ0) is 15.4. The van der Waals surface area contributed by atoms with Crippen molar-refractivity contribution in [3.05, 3.63) is 24.1 Å². The quantitative estimate of drug-likeness (QED) is 0.924. The number of rotatable bonds is 3. The fraction of sp³-hybridized carbons (Fsp3) is 0.625. The first-order chi connectivity index (χ1) is 10.7. The van der Waals surface area contributed by atoms with E-state index in [-0.39, 0.29) is 23.7 Å². The third-order valence-corrected chi connectivity index (χ3v) is 4.40. The Labute approximate surface area is 129 Å². The number of aromatic nitrogens is 1. The van der Waals surface area contributed by atoms with E-state index in [1.54, 1.807) is 6.07 Å². The summed E-state index contributed by atoms with van der Waals surface area (Å²) in [5.74, 6) is 0.502. The van der Waals surface area contributed by atoms with Crippen LogP contribution in [0.4, 0.5) is 10.2 Å². The number of halogens is 1. The second-order valence-corrected chi connectivity index (χ2v) is 6.02. The van der Waals surface area contributed by atoms with Gasteiger partial charge in [0.2, 0.25) is 5.91 Å². The molecule has 2 fully saturated rings. The molecule has 1 amide bonds. The smallest absolute Gasteiger partial charge is 0.225 e. The molecule has 1 aromatic rings. The monoisotopic (exact) mass is 307 g/mol. The lowest BCUT2D eigenvalue weighted by Gasteiger charge is -2.34. The molecule has 2 aliphatic rings. The summed E-state index contributed by atoms with van der Waals surface area (Å²) >= 11 is 0. The number of anilines is 1. The maximum atomic E-state index is 13.0.